The third-order valence-electron chi connectivity index (χ3n) is 6.01. The third kappa shape index (κ3) is 7.92. The standard InChI is InChI=1S/C28H32N6O3S/c1-20(35)31-23-9-7-22(8-10-23)26-25(18-29)27(30)33-28(32-26)38-19-21-5-4-6-24(17-21)37-14-3-2-11-34-12-15-36-16-13-34/h4-10,17H,2-3,11-16,19H2,1H3,(H,31,35)(H2,30,32,33). The van der Waals surface area contributed by atoms with Gasteiger partial charge < -0.3 is 20.5 Å². The second-order valence-corrected chi connectivity index (χ2v) is 9.87. The molecule has 9 nitrogen and oxygen atoms in total. The lowest BCUT2D eigenvalue weighted by Gasteiger charge is -2.26. The monoisotopic (exact) mass is 532 g/mol. The van der Waals surface area contributed by atoms with Crippen LogP contribution < -0.4 is 15.8 Å². The zero-order valence-corrected chi connectivity index (χ0v) is 22.3. The minimum atomic E-state index is -0.154. The van der Waals surface area contributed by atoms with Gasteiger partial charge in [-0.15, -0.1) is 0 Å². The number of nitrogens with zero attached hydrogens (tertiary/aromatic N) is 4. The van der Waals surface area contributed by atoms with Gasteiger partial charge >= 0.3 is 0 Å². The van der Waals surface area contributed by atoms with E-state index in [1.54, 1.807) is 24.3 Å². The van der Waals surface area contributed by atoms with E-state index in [9.17, 15) is 10.1 Å². The largest absolute Gasteiger partial charge is 0.494 e. The van der Waals surface area contributed by atoms with Crippen molar-refractivity contribution < 1.29 is 14.3 Å². The van der Waals surface area contributed by atoms with Gasteiger partial charge in [0.15, 0.2) is 5.16 Å². The molecule has 3 aromatic rings. The molecule has 3 N–H and O–H groups in total. The fraction of sp³-hybridized carbons (Fsp3) is 0.357. The predicted molar refractivity (Wildman–Crippen MR) is 149 cm³/mol. The van der Waals surface area contributed by atoms with E-state index in [-0.39, 0.29) is 17.3 Å². The fourth-order valence-corrected chi connectivity index (χ4v) is 4.87. The molecule has 0 atom stereocenters. The van der Waals surface area contributed by atoms with Crippen LogP contribution in [0.5, 0.6) is 5.75 Å². The molecule has 1 saturated heterocycles. The molecule has 10 heteroatoms. The van der Waals surface area contributed by atoms with Crippen LogP contribution in [0.4, 0.5) is 11.5 Å². The molecule has 0 saturated carbocycles. The Bertz CT molecular complexity index is 1270. The van der Waals surface area contributed by atoms with Gasteiger partial charge in [-0.2, -0.15) is 5.26 Å². The van der Waals surface area contributed by atoms with Gasteiger partial charge in [0, 0.05) is 37.0 Å². The molecule has 2 heterocycles. The van der Waals surface area contributed by atoms with Crippen molar-refractivity contribution in [1.29, 1.82) is 5.26 Å². The molecule has 0 aliphatic carbocycles. The number of nitrogens with two attached hydrogens (primary N) is 1. The number of hydrogen-bond donors (Lipinski definition) is 2. The minimum Gasteiger partial charge on any atom is -0.494 e. The summed E-state index contributed by atoms with van der Waals surface area (Å²) in [6.07, 6.45) is 2.11. The van der Waals surface area contributed by atoms with Gasteiger partial charge in [-0.25, -0.2) is 9.97 Å². The van der Waals surface area contributed by atoms with E-state index in [0.717, 1.165) is 62.6 Å². The summed E-state index contributed by atoms with van der Waals surface area (Å²) >= 11 is 1.44. The number of amides is 1. The molecule has 38 heavy (non-hydrogen) atoms. The molecule has 198 valence electrons. The zero-order chi connectivity index (χ0) is 26.7. The second kappa shape index (κ2) is 13.8. The van der Waals surface area contributed by atoms with Crippen LogP contribution in [0.25, 0.3) is 11.3 Å². The van der Waals surface area contributed by atoms with Crippen LogP contribution in [0, 0.1) is 11.3 Å². The number of nitrogen functional groups attached to an aromatic ring is 1. The summed E-state index contributed by atoms with van der Waals surface area (Å²) in [6, 6.07) is 17.2. The summed E-state index contributed by atoms with van der Waals surface area (Å²) in [5, 5.41) is 12.9. The average molecular weight is 533 g/mol. The molecule has 0 bridgehead atoms. The van der Waals surface area contributed by atoms with Crippen LogP contribution in [-0.2, 0) is 15.3 Å². The fourth-order valence-electron chi connectivity index (χ4n) is 4.08. The number of hydrogen-bond acceptors (Lipinski definition) is 9. The lowest BCUT2D eigenvalue weighted by Crippen LogP contribution is -2.36. The van der Waals surface area contributed by atoms with Crippen molar-refractivity contribution >= 4 is 29.2 Å². The zero-order valence-electron chi connectivity index (χ0n) is 21.5. The number of ether oxygens (including phenoxy) is 2. The van der Waals surface area contributed by atoms with Crippen LogP contribution in [0.15, 0.2) is 53.7 Å². The Balaban J connectivity index is 1.34. The number of aromatic nitrogens is 2. The van der Waals surface area contributed by atoms with E-state index in [1.807, 2.05) is 24.3 Å². The second-order valence-electron chi connectivity index (χ2n) is 8.93. The Labute approximate surface area is 227 Å². The SMILES string of the molecule is CC(=O)Nc1ccc(-c2nc(SCc3cccc(OCCCCN4CCOCC4)c3)nc(N)c2C#N)cc1. The Kier molecular flexibility index (Phi) is 9.92. The molecule has 1 aliphatic rings. The summed E-state index contributed by atoms with van der Waals surface area (Å²) in [7, 11) is 0. The van der Waals surface area contributed by atoms with E-state index in [4.69, 9.17) is 15.2 Å². The highest BCUT2D eigenvalue weighted by Gasteiger charge is 2.15. The predicted octanol–water partition coefficient (Wildman–Crippen LogP) is 4.34. The quantitative estimate of drug-likeness (QED) is 0.211. The summed E-state index contributed by atoms with van der Waals surface area (Å²) < 4.78 is 11.4. The van der Waals surface area contributed by atoms with E-state index in [0.29, 0.717) is 28.9 Å². The number of nitrogens with one attached hydrogen (secondary N) is 1. The van der Waals surface area contributed by atoms with Gasteiger partial charge in [-0.1, -0.05) is 36.0 Å². The Hall–Kier alpha value is -3.65. The van der Waals surface area contributed by atoms with Crippen molar-refractivity contribution in [2.24, 2.45) is 0 Å². The number of nitriles is 1. The van der Waals surface area contributed by atoms with Gasteiger partial charge in [0.25, 0.3) is 0 Å². The number of carbonyl (C=O) groups excluding carboxylic acids is 1. The average Bonchev–Trinajstić information content (AvgIpc) is 2.92. The molecule has 4 rings (SSSR count). The van der Waals surface area contributed by atoms with Crippen LogP contribution >= 0.6 is 11.8 Å². The van der Waals surface area contributed by atoms with Crippen molar-refractivity contribution in [3.63, 3.8) is 0 Å². The number of morpholine rings is 1. The smallest absolute Gasteiger partial charge is 0.221 e. The molecular weight excluding hydrogens is 500 g/mol. The first-order valence-electron chi connectivity index (χ1n) is 12.6. The summed E-state index contributed by atoms with van der Waals surface area (Å²) in [5.74, 6) is 1.45. The van der Waals surface area contributed by atoms with Crippen molar-refractivity contribution in [3.05, 3.63) is 59.7 Å². The number of carbonyl (C=O) groups is 1. The molecule has 2 aromatic carbocycles. The van der Waals surface area contributed by atoms with E-state index in [1.165, 1.54) is 18.7 Å². The normalized spacial score (nSPS) is 13.6. The third-order valence-corrected chi connectivity index (χ3v) is 6.93. The lowest BCUT2D eigenvalue weighted by atomic mass is 10.1. The lowest BCUT2D eigenvalue weighted by molar-refractivity contribution is -0.114. The van der Waals surface area contributed by atoms with Crippen LogP contribution in [0.3, 0.4) is 0 Å². The van der Waals surface area contributed by atoms with Crippen molar-refractivity contribution in [2.75, 3.05) is 50.5 Å². The Morgan fingerprint density at radius 3 is 2.71 bits per heavy atom. The summed E-state index contributed by atoms with van der Waals surface area (Å²) in [5.41, 5.74) is 9.26. The highest BCUT2D eigenvalue weighted by atomic mass is 32.2. The van der Waals surface area contributed by atoms with Crippen LogP contribution in [0.2, 0.25) is 0 Å². The number of rotatable bonds is 11. The van der Waals surface area contributed by atoms with Gasteiger partial charge in [0.05, 0.1) is 25.5 Å². The highest BCUT2D eigenvalue weighted by Crippen LogP contribution is 2.30. The van der Waals surface area contributed by atoms with Crippen LogP contribution in [0.1, 0.15) is 30.9 Å². The maximum absolute atomic E-state index is 11.3. The van der Waals surface area contributed by atoms with Gasteiger partial charge in [0.1, 0.15) is 23.2 Å². The highest BCUT2D eigenvalue weighted by molar-refractivity contribution is 7.98. The first-order chi connectivity index (χ1) is 18.5. The molecule has 0 unspecified atom stereocenters. The number of thioether (sulfide) groups is 1. The van der Waals surface area contributed by atoms with Crippen molar-refractivity contribution in [2.45, 2.75) is 30.7 Å². The summed E-state index contributed by atoms with van der Waals surface area (Å²) in [6.45, 7) is 6.90. The van der Waals surface area contributed by atoms with E-state index in [2.05, 4.69) is 26.3 Å². The first kappa shape index (κ1) is 27.4. The van der Waals surface area contributed by atoms with Crippen LogP contribution in [-0.4, -0.2) is 60.2 Å². The minimum absolute atomic E-state index is 0.139. The molecule has 0 radical (unpaired) electrons. The molecular formula is C28H32N6O3S. The maximum atomic E-state index is 11.3. The van der Waals surface area contributed by atoms with Gasteiger partial charge in [-0.05, 0) is 49.2 Å². The van der Waals surface area contributed by atoms with E-state index < -0.39 is 0 Å². The van der Waals surface area contributed by atoms with Crippen molar-refractivity contribution in [1.82, 2.24) is 14.9 Å². The molecule has 1 amide bonds. The number of unbranched alkanes of at least 4 members (excludes halogenated alkanes) is 1. The van der Waals surface area contributed by atoms with Gasteiger partial charge in [0.2, 0.25) is 5.91 Å². The number of benzene rings is 2. The topological polar surface area (TPSA) is 126 Å². The maximum Gasteiger partial charge on any atom is 0.221 e. The molecule has 0 spiro atoms. The summed E-state index contributed by atoms with van der Waals surface area (Å²) in [4.78, 5) is 22.7. The Morgan fingerprint density at radius 1 is 1.18 bits per heavy atom. The first-order valence-corrected chi connectivity index (χ1v) is 13.6. The van der Waals surface area contributed by atoms with E-state index >= 15 is 0 Å². The van der Waals surface area contributed by atoms with Gasteiger partial charge in [-0.3, -0.25) is 9.69 Å². The molecule has 1 aromatic heterocycles. The molecule has 1 fully saturated rings. The van der Waals surface area contributed by atoms with Crippen molar-refractivity contribution in [3.8, 4) is 23.1 Å². The Morgan fingerprint density at radius 2 is 1.97 bits per heavy atom. The number of anilines is 2. The molecule has 1 aliphatic heterocycles.